The number of aliphatic hydroxyl groups excluding tert-OH is 1. The van der Waals surface area contributed by atoms with Crippen LogP contribution < -0.4 is 4.74 Å². The smallest absolute Gasteiger partial charge is 0.119 e. The summed E-state index contributed by atoms with van der Waals surface area (Å²) in [6, 6.07) is 61.7. The van der Waals surface area contributed by atoms with E-state index in [4.69, 9.17) is 4.74 Å². The zero-order valence-corrected chi connectivity index (χ0v) is 28.7. The second-order valence-electron chi connectivity index (χ2n) is 13.7. The third-order valence-electron chi connectivity index (χ3n) is 10.8. The molecule has 10 aromatic carbocycles. The molecule has 0 aliphatic rings. The number of methoxy groups -OCH3 is 1. The molecule has 0 unspecified atom stereocenters. The van der Waals surface area contributed by atoms with Crippen LogP contribution >= 0.6 is 0 Å². The first-order valence-electron chi connectivity index (χ1n) is 17.8. The van der Waals surface area contributed by atoms with Crippen LogP contribution in [0.25, 0.3) is 98.0 Å². The molecule has 52 heavy (non-hydrogen) atoms. The minimum Gasteiger partial charge on any atom is -0.497 e. The molecule has 0 radical (unpaired) electrons. The van der Waals surface area contributed by atoms with Gasteiger partial charge in [-0.2, -0.15) is 0 Å². The second-order valence-corrected chi connectivity index (χ2v) is 13.7. The third-order valence-corrected chi connectivity index (χ3v) is 10.8. The summed E-state index contributed by atoms with van der Waals surface area (Å²) in [6.07, 6.45) is 0. The van der Waals surface area contributed by atoms with Gasteiger partial charge in [-0.3, -0.25) is 0 Å². The van der Waals surface area contributed by atoms with Gasteiger partial charge in [0.05, 0.1) is 13.7 Å². The Morgan fingerprint density at radius 2 is 0.712 bits per heavy atom. The van der Waals surface area contributed by atoms with Crippen molar-refractivity contribution in [2.45, 2.75) is 6.61 Å². The van der Waals surface area contributed by atoms with E-state index in [2.05, 4.69) is 158 Å². The topological polar surface area (TPSA) is 29.5 Å². The van der Waals surface area contributed by atoms with Crippen LogP contribution in [-0.4, -0.2) is 12.2 Å². The summed E-state index contributed by atoms with van der Waals surface area (Å²) in [4.78, 5) is 0. The van der Waals surface area contributed by atoms with E-state index in [-0.39, 0.29) is 6.61 Å². The van der Waals surface area contributed by atoms with Crippen molar-refractivity contribution in [2.24, 2.45) is 0 Å². The summed E-state index contributed by atoms with van der Waals surface area (Å²) < 4.78 is 5.52. The zero-order chi connectivity index (χ0) is 34.8. The maximum Gasteiger partial charge on any atom is 0.119 e. The van der Waals surface area contributed by atoms with Crippen LogP contribution in [-0.2, 0) is 6.61 Å². The third kappa shape index (κ3) is 4.69. The fraction of sp³-hybridized carbons (Fsp3) is 0.0400. The average molecular weight is 667 g/mol. The van der Waals surface area contributed by atoms with E-state index in [9.17, 15) is 5.11 Å². The second kappa shape index (κ2) is 12.1. The largest absolute Gasteiger partial charge is 0.497 e. The summed E-state index contributed by atoms with van der Waals surface area (Å²) in [5, 5.41) is 24.2. The van der Waals surface area contributed by atoms with E-state index in [1.807, 2.05) is 12.1 Å². The molecule has 1 N–H and O–H groups in total. The Morgan fingerprint density at radius 3 is 1.12 bits per heavy atom. The molecule has 0 atom stereocenters. The van der Waals surface area contributed by atoms with E-state index >= 15 is 0 Å². The van der Waals surface area contributed by atoms with E-state index in [0.29, 0.717) is 0 Å². The molecule has 10 aromatic rings. The maximum absolute atomic E-state index is 9.74. The lowest BCUT2D eigenvalue weighted by Gasteiger charge is -2.22. The first kappa shape index (κ1) is 30.4. The lowest BCUT2D eigenvalue weighted by atomic mass is 9.81. The Balaban J connectivity index is 1.30. The van der Waals surface area contributed by atoms with Crippen molar-refractivity contribution >= 4 is 64.6 Å². The fourth-order valence-electron chi connectivity index (χ4n) is 8.47. The number of rotatable bonds is 5. The molecule has 2 heteroatoms. The van der Waals surface area contributed by atoms with Crippen molar-refractivity contribution in [3.05, 3.63) is 175 Å². The van der Waals surface area contributed by atoms with Gasteiger partial charge in [0.15, 0.2) is 0 Å². The highest BCUT2D eigenvalue weighted by Gasteiger charge is 2.22. The first-order chi connectivity index (χ1) is 25.7. The van der Waals surface area contributed by atoms with Gasteiger partial charge in [-0.25, -0.2) is 0 Å². The van der Waals surface area contributed by atoms with Crippen LogP contribution in [0.3, 0.4) is 0 Å². The molecule has 0 aliphatic heterocycles. The summed E-state index contributed by atoms with van der Waals surface area (Å²) >= 11 is 0. The van der Waals surface area contributed by atoms with Crippen LogP contribution in [0, 0.1) is 0 Å². The van der Waals surface area contributed by atoms with Crippen molar-refractivity contribution < 1.29 is 9.84 Å². The van der Waals surface area contributed by atoms with Crippen LogP contribution in [0.5, 0.6) is 5.75 Å². The average Bonchev–Trinajstić information content (AvgIpc) is 3.21. The number of hydrogen-bond donors (Lipinski definition) is 1. The predicted octanol–water partition coefficient (Wildman–Crippen LogP) is 13.1. The summed E-state index contributed by atoms with van der Waals surface area (Å²) in [5.74, 6) is 0.864. The molecule has 0 amide bonds. The summed E-state index contributed by atoms with van der Waals surface area (Å²) in [6.45, 7) is 0.0384. The van der Waals surface area contributed by atoms with E-state index < -0.39 is 0 Å². The highest BCUT2D eigenvalue weighted by atomic mass is 16.5. The van der Waals surface area contributed by atoms with Gasteiger partial charge in [0.1, 0.15) is 5.75 Å². The van der Waals surface area contributed by atoms with Crippen LogP contribution in [0.4, 0.5) is 0 Å². The predicted molar refractivity (Wildman–Crippen MR) is 220 cm³/mol. The van der Waals surface area contributed by atoms with Gasteiger partial charge >= 0.3 is 0 Å². The van der Waals surface area contributed by atoms with Crippen molar-refractivity contribution in [2.75, 3.05) is 7.11 Å². The number of ether oxygens (including phenoxy) is 1. The fourth-order valence-corrected chi connectivity index (χ4v) is 8.47. The Hall–Kier alpha value is -6.48. The molecule has 0 spiro atoms. The Kier molecular flexibility index (Phi) is 7.06. The van der Waals surface area contributed by atoms with Crippen LogP contribution in [0.1, 0.15) is 5.56 Å². The molecule has 0 aromatic heterocycles. The molecule has 246 valence electrons. The molecule has 0 aliphatic carbocycles. The van der Waals surface area contributed by atoms with E-state index in [1.54, 1.807) is 7.11 Å². The van der Waals surface area contributed by atoms with Gasteiger partial charge in [0, 0.05) is 0 Å². The number of aliphatic hydroxyl groups is 1. The van der Waals surface area contributed by atoms with Crippen molar-refractivity contribution in [3.63, 3.8) is 0 Å². The Labute approximate surface area is 301 Å². The molecule has 0 saturated carbocycles. The highest BCUT2D eigenvalue weighted by Crippen LogP contribution is 2.50. The number of fused-ring (bicyclic) bond motifs is 6. The highest BCUT2D eigenvalue weighted by molar-refractivity contribution is 6.30. The zero-order valence-electron chi connectivity index (χ0n) is 28.7. The summed E-state index contributed by atoms with van der Waals surface area (Å²) in [5.41, 5.74) is 8.31. The molecular weight excluding hydrogens is 633 g/mol. The molecular formula is C50H34O2. The minimum atomic E-state index is 0.0384. The van der Waals surface area contributed by atoms with E-state index in [1.165, 1.54) is 81.9 Å². The molecule has 0 heterocycles. The Morgan fingerprint density at radius 1 is 0.365 bits per heavy atom. The van der Waals surface area contributed by atoms with Gasteiger partial charge in [0.2, 0.25) is 0 Å². The molecule has 2 nitrogen and oxygen atoms in total. The normalized spacial score (nSPS) is 11.7. The van der Waals surface area contributed by atoms with E-state index in [0.717, 1.165) is 27.5 Å². The van der Waals surface area contributed by atoms with Gasteiger partial charge in [-0.1, -0.05) is 140 Å². The SMILES string of the molecule is COc1ccc2cc(-c3c4ccccc4c(-c4c5ccccc5c(-c5ccc6cc(CO)ccc6c5)c5ccccc45)c4ccccc34)ccc2c1. The molecule has 10 rings (SSSR count). The molecule has 0 fully saturated rings. The lowest BCUT2D eigenvalue weighted by Crippen LogP contribution is -1.94. The quantitative estimate of drug-likeness (QED) is 0.185. The van der Waals surface area contributed by atoms with Crippen molar-refractivity contribution in [1.29, 1.82) is 0 Å². The first-order valence-corrected chi connectivity index (χ1v) is 17.8. The summed E-state index contributed by atoms with van der Waals surface area (Å²) in [7, 11) is 1.72. The molecule has 0 saturated heterocycles. The van der Waals surface area contributed by atoms with Crippen molar-refractivity contribution in [3.8, 4) is 39.1 Å². The van der Waals surface area contributed by atoms with Crippen molar-refractivity contribution in [1.82, 2.24) is 0 Å². The van der Waals surface area contributed by atoms with Gasteiger partial charge in [-0.05, 0) is 134 Å². The van der Waals surface area contributed by atoms with Gasteiger partial charge in [0.25, 0.3) is 0 Å². The maximum atomic E-state index is 9.74. The van der Waals surface area contributed by atoms with Gasteiger partial charge in [-0.15, -0.1) is 0 Å². The van der Waals surface area contributed by atoms with Crippen LogP contribution in [0.15, 0.2) is 170 Å². The monoisotopic (exact) mass is 666 g/mol. The number of benzene rings is 10. The lowest BCUT2D eigenvalue weighted by molar-refractivity contribution is 0.282. The standard InChI is InChI=1S/C50H34O2/c1-52-38-25-24-34-28-37(23-21-35(34)29-38)48-41-12-4-8-16-45(41)50(46-17-9-5-13-42(46)48)49-43-14-6-2-10-39(43)47(40-11-3-7-15-44(40)49)36-22-20-32-26-31(30-51)18-19-33(32)27-36/h2-29,51H,30H2,1H3. The van der Waals surface area contributed by atoms with Crippen LogP contribution in [0.2, 0.25) is 0 Å². The number of hydrogen-bond acceptors (Lipinski definition) is 2. The Bertz CT molecular complexity index is 2720. The minimum absolute atomic E-state index is 0.0384. The molecule has 0 bridgehead atoms. The van der Waals surface area contributed by atoms with Gasteiger partial charge < -0.3 is 9.84 Å².